The van der Waals surface area contributed by atoms with Crippen molar-refractivity contribution in [2.24, 2.45) is 0 Å². The molecule has 0 bridgehead atoms. The van der Waals surface area contributed by atoms with Gasteiger partial charge in [0.15, 0.2) is 12.4 Å². The number of rotatable bonds is 6. The van der Waals surface area contributed by atoms with E-state index in [1.165, 1.54) is 0 Å². The van der Waals surface area contributed by atoms with Crippen molar-refractivity contribution in [1.29, 1.82) is 0 Å². The Labute approximate surface area is 158 Å². The predicted octanol–water partition coefficient (Wildman–Crippen LogP) is 2.40. The van der Waals surface area contributed by atoms with Crippen molar-refractivity contribution < 1.29 is 23.9 Å². The first-order chi connectivity index (χ1) is 12.8. The minimum absolute atomic E-state index is 0.330. The Morgan fingerprint density at radius 3 is 2.37 bits per heavy atom. The number of ketones is 1. The van der Waals surface area contributed by atoms with Gasteiger partial charge in [0.1, 0.15) is 12.1 Å². The third kappa shape index (κ3) is 3.86. The zero-order chi connectivity index (χ0) is 19.6. The molecule has 0 aromatic heterocycles. The van der Waals surface area contributed by atoms with Gasteiger partial charge < -0.3 is 10.1 Å². The number of hydrogen-bond acceptors (Lipinski definition) is 5. The van der Waals surface area contributed by atoms with Gasteiger partial charge in [-0.1, -0.05) is 51.0 Å². The van der Waals surface area contributed by atoms with Gasteiger partial charge >= 0.3 is 12.0 Å². The van der Waals surface area contributed by atoms with Gasteiger partial charge in [-0.25, -0.2) is 4.79 Å². The molecule has 2 fully saturated rings. The molecule has 1 heterocycles. The summed E-state index contributed by atoms with van der Waals surface area (Å²) in [4.78, 5) is 49.6. The van der Waals surface area contributed by atoms with Crippen molar-refractivity contribution in [2.75, 3.05) is 13.2 Å². The first-order valence-corrected chi connectivity index (χ1v) is 9.25. The molecule has 1 aromatic carbocycles. The number of carbonyl (C=O) groups excluding carboxylic acids is 4. The van der Waals surface area contributed by atoms with Crippen molar-refractivity contribution in [3.63, 3.8) is 0 Å². The molecule has 1 aromatic rings. The van der Waals surface area contributed by atoms with Crippen LogP contribution in [-0.4, -0.2) is 47.3 Å². The molecule has 0 unspecified atom stereocenters. The van der Waals surface area contributed by atoms with Gasteiger partial charge in [-0.3, -0.25) is 19.3 Å². The molecule has 2 aliphatic rings. The zero-order valence-electron chi connectivity index (χ0n) is 15.6. The molecule has 144 valence electrons. The monoisotopic (exact) mass is 372 g/mol. The number of hydrogen-bond donors (Lipinski definition) is 1. The average Bonchev–Trinajstić information content (AvgIpc) is 3.20. The van der Waals surface area contributed by atoms with E-state index < -0.39 is 30.7 Å². The van der Waals surface area contributed by atoms with Crippen LogP contribution in [0.2, 0.25) is 0 Å². The number of nitrogens with zero attached hydrogens (tertiary/aromatic N) is 1. The fourth-order valence-electron chi connectivity index (χ4n) is 3.60. The number of imide groups is 1. The summed E-state index contributed by atoms with van der Waals surface area (Å²) in [5.41, 5.74) is 0.709. The number of Topliss-reactive ketones (excluding diaryl/α,β-unsaturated/α-hetero) is 1. The predicted molar refractivity (Wildman–Crippen MR) is 97.3 cm³/mol. The Morgan fingerprint density at radius 2 is 1.78 bits per heavy atom. The highest BCUT2D eigenvalue weighted by molar-refractivity contribution is 6.09. The summed E-state index contributed by atoms with van der Waals surface area (Å²) >= 11 is 0. The molecule has 1 saturated heterocycles. The van der Waals surface area contributed by atoms with Crippen LogP contribution < -0.4 is 5.32 Å². The van der Waals surface area contributed by atoms with Gasteiger partial charge in [0.05, 0.1) is 0 Å². The average molecular weight is 372 g/mol. The summed E-state index contributed by atoms with van der Waals surface area (Å²) in [5, 5.41) is 2.70. The molecule has 27 heavy (non-hydrogen) atoms. The lowest BCUT2D eigenvalue weighted by molar-refractivity contribution is -0.146. The molecular weight excluding hydrogens is 348 g/mol. The molecule has 1 spiro atoms. The van der Waals surface area contributed by atoms with Crippen molar-refractivity contribution >= 4 is 23.7 Å². The molecule has 7 nitrogen and oxygen atoms in total. The van der Waals surface area contributed by atoms with Crippen molar-refractivity contribution in [1.82, 2.24) is 10.2 Å². The highest BCUT2D eigenvalue weighted by Crippen LogP contribution is 2.34. The number of urea groups is 1. The van der Waals surface area contributed by atoms with E-state index in [2.05, 4.69) is 19.2 Å². The van der Waals surface area contributed by atoms with E-state index in [0.717, 1.165) is 23.3 Å². The molecule has 3 amide bonds. The minimum atomic E-state index is -0.856. The second-order valence-electron chi connectivity index (χ2n) is 7.47. The van der Waals surface area contributed by atoms with E-state index in [0.29, 0.717) is 24.3 Å². The van der Waals surface area contributed by atoms with Gasteiger partial charge in [0.25, 0.3) is 5.91 Å². The van der Waals surface area contributed by atoms with Crippen LogP contribution in [0.15, 0.2) is 24.3 Å². The normalized spacial score (nSPS) is 18.3. The van der Waals surface area contributed by atoms with E-state index in [1.807, 2.05) is 12.1 Å². The van der Waals surface area contributed by atoms with Crippen LogP contribution in [0.25, 0.3) is 0 Å². The molecule has 0 atom stereocenters. The second-order valence-corrected chi connectivity index (χ2v) is 7.47. The maximum atomic E-state index is 12.5. The van der Waals surface area contributed by atoms with Crippen molar-refractivity contribution in [3.05, 3.63) is 35.4 Å². The third-order valence-electron chi connectivity index (χ3n) is 5.25. The first kappa shape index (κ1) is 19.1. The van der Waals surface area contributed by atoms with Gasteiger partial charge in [-0.05, 0) is 24.3 Å². The molecular formula is C20H24N2O5. The lowest BCUT2D eigenvalue weighted by atomic mass is 9.98. The summed E-state index contributed by atoms with van der Waals surface area (Å²) in [7, 11) is 0. The number of nitrogens with one attached hydrogen (secondary N) is 1. The lowest BCUT2D eigenvalue weighted by Gasteiger charge is -2.19. The first-order valence-electron chi connectivity index (χ1n) is 9.25. The Hall–Kier alpha value is -2.70. The van der Waals surface area contributed by atoms with Gasteiger partial charge in [-0.15, -0.1) is 0 Å². The standard InChI is InChI=1S/C20H24N2O5/c1-13(2)14-5-7-15(8-6-14)16(23)12-27-17(24)11-22-18(25)20(21-19(22)26)9-3-4-10-20/h5-8,13H,3-4,9-12H2,1-2H3,(H,21,26). The number of ether oxygens (including phenoxy) is 1. The Morgan fingerprint density at radius 1 is 1.15 bits per heavy atom. The molecule has 1 aliphatic heterocycles. The lowest BCUT2D eigenvalue weighted by Crippen LogP contribution is -2.44. The highest BCUT2D eigenvalue weighted by atomic mass is 16.5. The van der Waals surface area contributed by atoms with E-state index in [4.69, 9.17) is 4.74 Å². The highest BCUT2D eigenvalue weighted by Gasteiger charge is 2.52. The maximum absolute atomic E-state index is 12.5. The fraction of sp³-hybridized carbons (Fsp3) is 0.500. The maximum Gasteiger partial charge on any atom is 0.326 e. The fourth-order valence-corrected chi connectivity index (χ4v) is 3.60. The molecule has 7 heteroatoms. The minimum Gasteiger partial charge on any atom is -0.456 e. The van der Waals surface area contributed by atoms with Gasteiger partial charge in [-0.2, -0.15) is 0 Å². The van der Waals surface area contributed by atoms with Crippen LogP contribution in [0.5, 0.6) is 0 Å². The number of benzene rings is 1. The Bertz CT molecular complexity index is 763. The van der Waals surface area contributed by atoms with Crippen LogP contribution in [0, 0.1) is 0 Å². The van der Waals surface area contributed by atoms with Crippen LogP contribution in [0.3, 0.4) is 0 Å². The molecule has 0 radical (unpaired) electrons. The van der Waals surface area contributed by atoms with E-state index >= 15 is 0 Å². The third-order valence-corrected chi connectivity index (χ3v) is 5.25. The molecule has 1 aliphatic carbocycles. The topological polar surface area (TPSA) is 92.8 Å². The Balaban J connectivity index is 1.53. The van der Waals surface area contributed by atoms with Crippen LogP contribution in [0.4, 0.5) is 4.79 Å². The summed E-state index contributed by atoms with van der Waals surface area (Å²) in [6.45, 7) is 3.22. The van der Waals surface area contributed by atoms with Crippen LogP contribution >= 0.6 is 0 Å². The molecule has 3 rings (SSSR count). The number of carbonyl (C=O) groups is 4. The summed E-state index contributed by atoms with van der Waals surface area (Å²) in [5.74, 6) is -1.12. The van der Waals surface area contributed by atoms with E-state index in [9.17, 15) is 19.2 Å². The van der Waals surface area contributed by atoms with Crippen molar-refractivity contribution in [3.8, 4) is 0 Å². The van der Waals surface area contributed by atoms with Gasteiger partial charge in [0, 0.05) is 5.56 Å². The Kier molecular flexibility index (Phi) is 5.30. The van der Waals surface area contributed by atoms with E-state index in [-0.39, 0.29) is 11.7 Å². The zero-order valence-corrected chi connectivity index (χ0v) is 15.6. The number of amides is 3. The molecule has 1 saturated carbocycles. The number of esters is 1. The molecule has 1 N–H and O–H groups in total. The summed E-state index contributed by atoms with van der Waals surface area (Å²) < 4.78 is 4.98. The largest absolute Gasteiger partial charge is 0.456 e. The summed E-state index contributed by atoms with van der Waals surface area (Å²) in [6.07, 6.45) is 2.92. The SMILES string of the molecule is CC(C)c1ccc(C(=O)COC(=O)CN2C(=O)NC3(CCCC3)C2=O)cc1. The van der Waals surface area contributed by atoms with E-state index in [1.54, 1.807) is 12.1 Å². The van der Waals surface area contributed by atoms with Gasteiger partial charge in [0.2, 0.25) is 0 Å². The smallest absolute Gasteiger partial charge is 0.326 e. The quantitative estimate of drug-likeness (QED) is 0.470. The summed E-state index contributed by atoms with van der Waals surface area (Å²) in [6, 6.07) is 6.57. The van der Waals surface area contributed by atoms with Crippen LogP contribution in [-0.2, 0) is 14.3 Å². The second kappa shape index (κ2) is 7.50. The van der Waals surface area contributed by atoms with Crippen molar-refractivity contribution in [2.45, 2.75) is 51.0 Å². The van der Waals surface area contributed by atoms with Crippen LogP contribution in [0.1, 0.15) is 61.4 Å².